The predicted molar refractivity (Wildman–Crippen MR) is 73.5 cm³/mol. The Morgan fingerprint density at radius 1 is 1.53 bits per heavy atom. The Hall–Kier alpha value is -1.42. The van der Waals surface area contributed by atoms with Crippen LogP contribution in [0.15, 0.2) is 24.4 Å². The number of aromatic nitrogens is 1. The number of carbonyl (C=O) groups is 1. The van der Waals surface area contributed by atoms with Crippen LogP contribution in [0.25, 0.3) is 0 Å². The minimum absolute atomic E-state index is 0.151. The lowest BCUT2D eigenvalue weighted by Crippen LogP contribution is -2.30. The fourth-order valence-corrected chi connectivity index (χ4v) is 2.26. The lowest BCUT2D eigenvalue weighted by atomic mass is 10.1. The summed E-state index contributed by atoms with van der Waals surface area (Å²) < 4.78 is 5.82. The van der Waals surface area contributed by atoms with Gasteiger partial charge in [0, 0.05) is 25.7 Å². The van der Waals surface area contributed by atoms with Crippen LogP contribution in [0.1, 0.15) is 32.4 Å². The van der Waals surface area contributed by atoms with Gasteiger partial charge in [-0.25, -0.2) is 0 Å². The molecule has 19 heavy (non-hydrogen) atoms. The maximum Gasteiger partial charge on any atom is 0.222 e. The Kier molecular flexibility index (Phi) is 4.91. The largest absolute Gasteiger partial charge is 0.370 e. The van der Waals surface area contributed by atoms with Crippen molar-refractivity contribution >= 4 is 5.91 Å². The topological polar surface area (TPSA) is 42.4 Å². The molecule has 0 aromatic carbocycles. The highest BCUT2D eigenvalue weighted by molar-refractivity contribution is 5.76. The van der Waals surface area contributed by atoms with E-state index in [0.717, 1.165) is 25.2 Å². The van der Waals surface area contributed by atoms with E-state index in [4.69, 9.17) is 4.74 Å². The van der Waals surface area contributed by atoms with Gasteiger partial charge in [-0.3, -0.25) is 9.78 Å². The van der Waals surface area contributed by atoms with Gasteiger partial charge in [0.25, 0.3) is 0 Å². The van der Waals surface area contributed by atoms with Crippen LogP contribution in [0.3, 0.4) is 0 Å². The molecule has 1 fully saturated rings. The van der Waals surface area contributed by atoms with Gasteiger partial charge in [0.05, 0.1) is 18.4 Å². The minimum atomic E-state index is 0.151. The van der Waals surface area contributed by atoms with E-state index in [-0.39, 0.29) is 12.0 Å². The summed E-state index contributed by atoms with van der Waals surface area (Å²) in [5.74, 6) is 0.667. The van der Waals surface area contributed by atoms with Crippen molar-refractivity contribution in [2.75, 3.05) is 13.1 Å². The fourth-order valence-electron chi connectivity index (χ4n) is 2.26. The van der Waals surface area contributed by atoms with Crippen LogP contribution in [0.2, 0.25) is 0 Å². The van der Waals surface area contributed by atoms with Crippen LogP contribution < -0.4 is 0 Å². The summed E-state index contributed by atoms with van der Waals surface area (Å²) >= 11 is 0. The second kappa shape index (κ2) is 6.66. The van der Waals surface area contributed by atoms with Gasteiger partial charge in [0.2, 0.25) is 5.91 Å². The third-order valence-electron chi connectivity index (χ3n) is 3.27. The smallest absolute Gasteiger partial charge is 0.222 e. The number of ether oxygens (including phenoxy) is 1. The molecule has 1 aliphatic heterocycles. The van der Waals surface area contributed by atoms with Crippen molar-refractivity contribution in [2.45, 2.75) is 39.4 Å². The van der Waals surface area contributed by atoms with E-state index in [1.807, 2.05) is 23.1 Å². The Morgan fingerprint density at radius 2 is 2.37 bits per heavy atom. The van der Waals surface area contributed by atoms with E-state index in [1.54, 1.807) is 6.20 Å². The maximum atomic E-state index is 11.9. The molecule has 1 aromatic rings. The van der Waals surface area contributed by atoms with E-state index in [0.29, 0.717) is 18.9 Å². The quantitative estimate of drug-likeness (QED) is 0.817. The van der Waals surface area contributed by atoms with E-state index >= 15 is 0 Å². The highest BCUT2D eigenvalue weighted by Crippen LogP contribution is 2.16. The first-order chi connectivity index (χ1) is 9.15. The van der Waals surface area contributed by atoms with Crippen molar-refractivity contribution in [3.05, 3.63) is 30.1 Å². The number of hydrogen-bond donors (Lipinski definition) is 0. The molecule has 1 aromatic heterocycles. The summed E-state index contributed by atoms with van der Waals surface area (Å²) in [5.41, 5.74) is 0.939. The number of amides is 1. The van der Waals surface area contributed by atoms with E-state index in [9.17, 15) is 4.79 Å². The molecule has 0 aliphatic carbocycles. The molecule has 2 rings (SSSR count). The molecule has 4 nitrogen and oxygen atoms in total. The lowest BCUT2D eigenvalue weighted by molar-refractivity contribution is -0.131. The number of pyridine rings is 1. The highest BCUT2D eigenvalue weighted by Gasteiger charge is 2.26. The molecule has 1 aliphatic rings. The van der Waals surface area contributed by atoms with Gasteiger partial charge < -0.3 is 9.64 Å². The summed E-state index contributed by atoms with van der Waals surface area (Å²) in [6.45, 7) is 6.21. The Labute approximate surface area is 114 Å². The molecule has 1 saturated heterocycles. The van der Waals surface area contributed by atoms with Crippen LogP contribution in [-0.4, -0.2) is 35.0 Å². The van der Waals surface area contributed by atoms with Crippen molar-refractivity contribution in [2.24, 2.45) is 5.92 Å². The monoisotopic (exact) mass is 262 g/mol. The minimum Gasteiger partial charge on any atom is -0.370 e. The third-order valence-corrected chi connectivity index (χ3v) is 3.27. The molecule has 2 heterocycles. The zero-order valence-corrected chi connectivity index (χ0v) is 11.7. The van der Waals surface area contributed by atoms with Gasteiger partial charge in [0.15, 0.2) is 0 Å². The Morgan fingerprint density at radius 3 is 3.05 bits per heavy atom. The number of hydrogen-bond acceptors (Lipinski definition) is 3. The van der Waals surface area contributed by atoms with Crippen molar-refractivity contribution in [1.29, 1.82) is 0 Å². The van der Waals surface area contributed by atoms with Crippen molar-refractivity contribution < 1.29 is 9.53 Å². The maximum absolute atomic E-state index is 11.9. The molecule has 104 valence electrons. The van der Waals surface area contributed by atoms with Crippen LogP contribution >= 0.6 is 0 Å². The SMILES string of the molecule is CC(C)CC(=O)N1CC[C@@H](OCc2ccccn2)C1. The number of likely N-dealkylation sites (tertiary alicyclic amines) is 1. The van der Waals surface area contributed by atoms with Crippen molar-refractivity contribution in [3.63, 3.8) is 0 Å². The molecule has 0 radical (unpaired) electrons. The van der Waals surface area contributed by atoms with Gasteiger partial charge in [-0.15, -0.1) is 0 Å². The molecular formula is C15H22N2O2. The van der Waals surface area contributed by atoms with Crippen LogP contribution in [-0.2, 0) is 16.1 Å². The first-order valence-electron chi connectivity index (χ1n) is 6.94. The average molecular weight is 262 g/mol. The number of rotatable bonds is 5. The normalized spacial score (nSPS) is 19.1. The van der Waals surface area contributed by atoms with Gasteiger partial charge in [-0.1, -0.05) is 19.9 Å². The summed E-state index contributed by atoms with van der Waals surface area (Å²) in [7, 11) is 0. The van der Waals surface area contributed by atoms with Gasteiger partial charge >= 0.3 is 0 Å². The van der Waals surface area contributed by atoms with Crippen molar-refractivity contribution in [1.82, 2.24) is 9.88 Å². The Balaban J connectivity index is 1.75. The van der Waals surface area contributed by atoms with Crippen LogP contribution in [0.5, 0.6) is 0 Å². The van der Waals surface area contributed by atoms with Crippen molar-refractivity contribution in [3.8, 4) is 0 Å². The van der Waals surface area contributed by atoms with E-state index < -0.39 is 0 Å². The predicted octanol–water partition coefficient (Wildman–Crippen LogP) is 2.25. The van der Waals surface area contributed by atoms with E-state index in [1.165, 1.54) is 0 Å². The zero-order valence-electron chi connectivity index (χ0n) is 11.7. The second-order valence-corrected chi connectivity index (χ2v) is 5.48. The first-order valence-corrected chi connectivity index (χ1v) is 6.94. The molecule has 0 bridgehead atoms. The molecule has 0 N–H and O–H groups in total. The average Bonchev–Trinajstić information content (AvgIpc) is 2.86. The van der Waals surface area contributed by atoms with Gasteiger partial charge in [-0.05, 0) is 24.5 Å². The molecule has 0 spiro atoms. The summed E-state index contributed by atoms with van der Waals surface area (Å²) in [4.78, 5) is 18.1. The molecule has 4 heteroatoms. The van der Waals surface area contributed by atoms with Crippen LogP contribution in [0, 0.1) is 5.92 Å². The second-order valence-electron chi connectivity index (χ2n) is 5.48. The third kappa shape index (κ3) is 4.31. The lowest BCUT2D eigenvalue weighted by Gasteiger charge is -2.17. The molecular weight excluding hydrogens is 240 g/mol. The Bertz CT molecular complexity index is 406. The number of nitrogens with zero attached hydrogens (tertiary/aromatic N) is 2. The molecule has 1 amide bonds. The standard InChI is InChI=1S/C15H22N2O2/c1-12(2)9-15(18)17-8-6-14(10-17)19-11-13-5-3-4-7-16-13/h3-5,7,12,14H,6,8-11H2,1-2H3/t14-/m1/s1. The van der Waals surface area contributed by atoms with Gasteiger partial charge in [0.1, 0.15) is 0 Å². The summed E-state index contributed by atoms with van der Waals surface area (Å²) in [6.07, 6.45) is 3.48. The fraction of sp³-hybridized carbons (Fsp3) is 0.600. The van der Waals surface area contributed by atoms with Crippen LogP contribution in [0.4, 0.5) is 0 Å². The zero-order chi connectivity index (χ0) is 13.7. The number of carbonyl (C=O) groups excluding carboxylic acids is 1. The van der Waals surface area contributed by atoms with Gasteiger partial charge in [-0.2, -0.15) is 0 Å². The molecule has 0 unspecified atom stereocenters. The molecule has 0 saturated carbocycles. The van der Waals surface area contributed by atoms with E-state index in [2.05, 4.69) is 18.8 Å². The summed E-state index contributed by atoms with van der Waals surface area (Å²) in [5, 5.41) is 0. The first kappa shape index (κ1) is 14.0. The summed E-state index contributed by atoms with van der Waals surface area (Å²) in [6, 6.07) is 5.81. The highest BCUT2D eigenvalue weighted by atomic mass is 16.5. The molecule has 1 atom stereocenters.